The number of fused-ring (bicyclic) bond motifs is 1. The number of aromatic nitrogens is 3. The molecule has 2 aromatic carbocycles. The van der Waals surface area contributed by atoms with Gasteiger partial charge >= 0.3 is 5.97 Å². The number of nitriles is 1. The average molecular weight is 382 g/mol. The second kappa shape index (κ2) is 7.25. The van der Waals surface area contributed by atoms with Crippen LogP contribution in [0.4, 0.5) is 11.8 Å². The van der Waals surface area contributed by atoms with E-state index in [1.807, 2.05) is 12.1 Å². The Morgan fingerprint density at radius 2 is 1.79 bits per heavy atom. The van der Waals surface area contributed by atoms with Gasteiger partial charge in [0, 0.05) is 17.1 Å². The minimum atomic E-state index is -0.571. The summed E-state index contributed by atoms with van der Waals surface area (Å²) in [6, 6.07) is 17.6. The number of hydrogen-bond acceptors (Lipinski definition) is 8. The molecule has 0 fully saturated rings. The molecule has 8 nitrogen and oxygen atoms in total. The van der Waals surface area contributed by atoms with E-state index in [0.29, 0.717) is 16.6 Å². The first-order valence-corrected chi connectivity index (χ1v) is 8.57. The van der Waals surface area contributed by atoms with Crippen molar-refractivity contribution in [2.75, 3.05) is 11.5 Å². The van der Waals surface area contributed by atoms with E-state index in [0.717, 1.165) is 5.39 Å². The number of carbonyl (C=O) groups excluding carboxylic acids is 1. The van der Waals surface area contributed by atoms with Crippen LogP contribution >= 0.6 is 0 Å². The van der Waals surface area contributed by atoms with E-state index in [-0.39, 0.29) is 28.8 Å². The van der Waals surface area contributed by atoms with Crippen LogP contribution < -0.4 is 16.2 Å². The highest BCUT2D eigenvalue weighted by Crippen LogP contribution is 2.38. The van der Waals surface area contributed by atoms with Crippen molar-refractivity contribution in [3.8, 4) is 23.1 Å². The standard InChI is InChI=1S/C21H14N6O2/c22-11-15-17(26-21(24)27-19(15)23)14-9-8-12-7-4-10-25-16(12)18(14)29-20(28)13-5-2-1-3-6-13/h1-10H,(H4,23,24,26,27). The van der Waals surface area contributed by atoms with Gasteiger partial charge in [0.25, 0.3) is 0 Å². The van der Waals surface area contributed by atoms with Crippen LogP contribution in [0.1, 0.15) is 15.9 Å². The molecule has 0 aliphatic rings. The Bertz CT molecular complexity index is 1280. The molecule has 0 spiro atoms. The van der Waals surface area contributed by atoms with Gasteiger partial charge in [-0.1, -0.05) is 30.3 Å². The zero-order valence-electron chi connectivity index (χ0n) is 15.0. The van der Waals surface area contributed by atoms with Gasteiger partial charge in [0.05, 0.1) is 11.3 Å². The quantitative estimate of drug-likeness (QED) is 0.407. The first-order valence-electron chi connectivity index (χ1n) is 8.57. The molecule has 0 saturated carbocycles. The Morgan fingerprint density at radius 3 is 2.55 bits per heavy atom. The second-order valence-electron chi connectivity index (χ2n) is 6.08. The van der Waals surface area contributed by atoms with Crippen molar-refractivity contribution in [1.82, 2.24) is 15.0 Å². The summed E-state index contributed by atoms with van der Waals surface area (Å²) in [7, 11) is 0. The summed E-state index contributed by atoms with van der Waals surface area (Å²) in [5, 5.41) is 10.3. The third kappa shape index (κ3) is 3.28. The predicted molar refractivity (Wildman–Crippen MR) is 108 cm³/mol. The van der Waals surface area contributed by atoms with Gasteiger partial charge in [0.2, 0.25) is 5.95 Å². The third-order valence-electron chi connectivity index (χ3n) is 4.25. The number of carbonyl (C=O) groups is 1. The molecule has 0 aliphatic carbocycles. The van der Waals surface area contributed by atoms with Crippen LogP contribution in [-0.2, 0) is 0 Å². The Morgan fingerprint density at radius 1 is 1.00 bits per heavy atom. The van der Waals surface area contributed by atoms with E-state index in [9.17, 15) is 10.1 Å². The monoisotopic (exact) mass is 382 g/mol. The molecule has 4 aromatic rings. The van der Waals surface area contributed by atoms with Crippen molar-refractivity contribution >= 4 is 28.6 Å². The largest absolute Gasteiger partial charge is 0.420 e. The molecule has 8 heteroatoms. The summed E-state index contributed by atoms with van der Waals surface area (Å²) < 4.78 is 5.73. The maximum Gasteiger partial charge on any atom is 0.343 e. The molecule has 2 aromatic heterocycles. The Balaban J connectivity index is 1.96. The van der Waals surface area contributed by atoms with Gasteiger partial charge in [-0.2, -0.15) is 10.2 Å². The van der Waals surface area contributed by atoms with Crippen molar-refractivity contribution < 1.29 is 9.53 Å². The van der Waals surface area contributed by atoms with E-state index in [2.05, 4.69) is 15.0 Å². The minimum Gasteiger partial charge on any atom is -0.420 e. The molecule has 0 aliphatic heterocycles. The number of pyridine rings is 1. The molecule has 0 amide bonds. The average Bonchev–Trinajstić information content (AvgIpc) is 2.74. The van der Waals surface area contributed by atoms with Crippen LogP contribution in [0, 0.1) is 11.3 Å². The van der Waals surface area contributed by atoms with Crippen LogP contribution in [-0.4, -0.2) is 20.9 Å². The summed E-state index contributed by atoms with van der Waals surface area (Å²) in [6.07, 6.45) is 1.58. The van der Waals surface area contributed by atoms with Gasteiger partial charge in [-0.3, -0.25) is 4.98 Å². The van der Waals surface area contributed by atoms with Gasteiger partial charge in [-0.05, 0) is 24.3 Å². The van der Waals surface area contributed by atoms with Crippen molar-refractivity contribution in [1.29, 1.82) is 5.26 Å². The van der Waals surface area contributed by atoms with Gasteiger partial charge in [-0.15, -0.1) is 0 Å². The third-order valence-corrected chi connectivity index (χ3v) is 4.25. The number of nitrogens with zero attached hydrogens (tertiary/aromatic N) is 4. The van der Waals surface area contributed by atoms with Gasteiger partial charge in [-0.25, -0.2) is 9.78 Å². The van der Waals surface area contributed by atoms with Crippen LogP contribution in [0.3, 0.4) is 0 Å². The van der Waals surface area contributed by atoms with Gasteiger partial charge in [0.15, 0.2) is 5.75 Å². The fourth-order valence-corrected chi connectivity index (χ4v) is 2.94. The number of benzene rings is 2. The van der Waals surface area contributed by atoms with Crippen LogP contribution in [0.5, 0.6) is 5.75 Å². The van der Waals surface area contributed by atoms with E-state index in [4.69, 9.17) is 16.2 Å². The molecule has 4 rings (SSSR count). The molecule has 0 unspecified atom stereocenters. The SMILES string of the molecule is N#Cc1c(N)nc(N)nc1-c1ccc2cccnc2c1OC(=O)c1ccccc1. The first-order chi connectivity index (χ1) is 14.1. The van der Waals surface area contributed by atoms with E-state index in [1.54, 1.807) is 54.7 Å². The lowest BCUT2D eigenvalue weighted by Crippen LogP contribution is -2.11. The molecule has 4 N–H and O–H groups in total. The topological polar surface area (TPSA) is 141 Å². The summed E-state index contributed by atoms with van der Waals surface area (Å²) >= 11 is 0. The highest BCUT2D eigenvalue weighted by molar-refractivity contribution is 5.98. The molecule has 29 heavy (non-hydrogen) atoms. The zero-order chi connectivity index (χ0) is 20.4. The molecule has 0 atom stereocenters. The van der Waals surface area contributed by atoms with Crippen molar-refractivity contribution in [3.05, 3.63) is 71.9 Å². The zero-order valence-corrected chi connectivity index (χ0v) is 15.0. The highest BCUT2D eigenvalue weighted by atomic mass is 16.5. The normalized spacial score (nSPS) is 10.4. The number of hydrogen-bond donors (Lipinski definition) is 2. The molecule has 0 bridgehead atoms. The second-order valence-corrected chi connectivity index (χ2v) is 6.08. The molecule has 0 saturated heterocycles. The lowest BCUT2D eigenvalue weighted by atomic mass is 10.0. The summed E-state index contributed by atoms with van der Waals surface area (Å²) in [5.74, 6) is -0.570. The van der Waals surface area contributed by atoms with Gasteiger partial charge < -0.3 is 16.2 Å². The smallest absolute Gasteiger partial charge is 0.343 e. The number of rotatable bonds is 3. The van der Waals surface area contributed by atoms with E-state index in [1.165, 1.54) is 0 Å². The highest BCUT2D eigenvalue weighted by Gasteiger charge is 2.22. The first kappa shape index (κ1) is 17.9. The molecule has 140 valence electrons. The fourth-order valence-electron chi connectivity index (χ4n) is 2.94. The Hall–Kier alpha value is -4.51. The van der Waals surface area contributed by atoms with E-state index >= 15 is 0 Å². The maximum atomic E-state index is 12.7. The van der Waals surface area contributed by atoms with E-state index < -0.39 is 5.97 Å². The minimum absolute atomic E-state index is 0.0338. The Labute approximate surface area is 165 Å². The summed E-state index contributed by atoms with van der Waals surface area (Å²) in [5.41, 5.74) is 13.0. The maximum absolute atomic E-state index is 12.7. The number of nitrogens with two attached hydrogens (primary N) is 2. The lowest BCUT2D eigenvalue weighted by molar-refractivity contribution is 0.0737. The molecular formula is C21H14N6O2. The van der Waals surface area contributed by atoms with Crippen molar-refractivity contribution in [3.63, 3.8) is 0 Å². The Kier molecular flexibility index (Phi) is 4.47. The number of ether oxygens (including phenoxy) is 1. The van der Waals surface area contributed by atoms with Crippen LogP contribution in [0.25, 0.3) is 22.2 Å². The molecular weight excluding hydrogens is 368 g/mol. The van der Waals surface area contributed by atoms with Crippen LogP contribution in [0.15, 0.2) is 60.8 Å². The summed E-state index contributed by atoms with van der Waals surface area (Å²) in [4.78, 5) is 25.1. The molecule has 2 heterocycles. The number of anilines is 2. The lowest BCUT2D eigenvalue weighted by Gasteiger charge is -2.14. The molecule has 0 radical (unpaired) electrons. The predicted octanol–water partition coefficient (Wildman–Crippen LogP) is 2.95. The number of esters is 1. The van der Waals surface area contributed by atoms with Crippen molar-refractivity contribution in [2.45, 2.75) is 0 Å². The number of nitrogen functional groups attached to an aromatic ring is 2. The van der Waals surface area contributed by atoms with Crippen LogP contribution in [0.2, 0.25) is 0 Å². The van der Waals surface area contributed by atoms with Crippen molar-refractivity contribution in [2.24, 2.45) is 0 Å². The summed E-state index contributed by atoms with van der Waals surface area (Å²) in [6.45, 7) is 0. The van der Waals surface area contributed by atoms with Gasteiger partial charge in [0.1, 0.15) is 23.0 Å². The fraction of sp³-hybridized carbons (Fsp3) is 0.